The highest BCUT2D eigenvalue weighted by atomic mass is 35.5. The van der Waals surface area contributed by atoms with Gasteiger partial charge in [-0.05, 0) is 25.1 Å². The summed E-state index contributed by atoms with van der Waals surface area (Å²) in [6.45, 7) is 1.96. The smallest absolute Gasteiger partial charge is 0.266 e. The van der Waals surface area contributed by atoms with Crippen LogP contribution in [0.25, 0.3) is 0 Å². The van der Waals surface area contributed by atoms with E-state index in [4.69, 9.17) is 32.7 Å². The van der Waals surface area contributed by atoms with Crippen LogP contribution in [-0.2, 0) is 16.1 Å². The lowest BCUT2D eigenvalue weighted by Crippen LogP contribution is -2.30. The maximum absolute atomic E-state index is 12.1. The van der Waals surface area contributed by atoms with E-state index in [2.05, 4.69) is 15.5 Å². The van der Waals surface area contributed by atoms with Gasteiger partial charge in [0.15, 0.2) is 6.10 Å². The summed E-state index contributed by atoms with van der Waals surface area (Å²) < 4.78 is 10.5. The summed E-state index contributed by atoms with van der Waals surface area (Å²) in [5, 5.41) is 12.2. The van der Waals surface area contributed by atoms with Gasteiger partial charge in [0.05, 0.1) is 5.02 Å². The number of nitrogens with one attached hydrogen (secondary N) is 1. The lowest BCUT2D eigenvalue weighted by Gasteiger charge is -2.14. The highest BCUT2D eigenvalue weighted by Gasteiger charge is 2.18. The van der Waals surface area contributed by atoms with Gasteiger partial charge in [-0.15, -0.1) is 10.2 Å². The summed E-state index contributed by atoms with van der Waals surface area (Å²) in [6, 6.07) is 4.79. The van der Waals surface area contributed by atoms with E-state index in [9.17, 15) is 4.79 Å². The summed E-state index contributed by atoms with van der Waals surface area (Å²) in [4.78, 5) is 12.1. The average molecular weight is 362 g/mol. The number of hydrogen-bond acceptors (Lipinski definition) is 6. The molecule has 1 aromatic heterocycles. The third-order valence-corrected chi connectivity index (χ3v) is 3.87. The van der Waals surface area contributed by atoms with Crippen molar-refractivity contribution in [2.24, 2.45) is 0 Å². The van der Waals surface area contributed by atoms with Crippen molar-refractivity contribution in [1.82, 2.24) is 10.2 Å². The molecular formula is C13H13Cl2N3O3S. The first-order valence-corrected chi connectivity index (χ1v) is 7.80. The van der Waals surface area contributed by atoms with Crippen LogP contribution in [0.3, 0.4) is 0 Å². The van der Waals surface area contributed by atoms with Crippen molar-refractivity contribution in [3.8, 4) is 5.75 Å². The number of aromatic nitrogens is 2. The number of amides is 1. The maximum Gasteiger partial charge on any atom is 0.266 e. The molecule has 0 aliphatic rings. The van der Waals surface area contributed by atoms with Crippen LogP contribution in [0, 0.1) is 0 Å². The van der Waals surface area contributed by atoms with Crippen molar-refractivity contribution < 1.29 is 14.3 Å². The normalized spacial score (nSPS) is 12.0. The third-order valence-electron chi connectivity index (χ3n) is 2.53. The molecule has 1 heterocycles. The fraction of sp³-hybridized carbons (Fsp3) is 0.308. The number of ether oxygens (including phenoxy) is 2. The summed E-state index contributed by atoms with van der Waals surface area (Å²) in [5.41, 5.74) is 0. The molecule has 2 aromatic rings. The Morgan fingerprint density at radius 2 is 2.18 bits per heavy atom. The minimum atomic E-state index is -0.756. The van der Waals surface area contributed by atoms with E-state index in [1.54, 1.807) is 32.2 Å². The highest BCUT2D eigenvalue weighted by Crippen LogP contribution is 2.28. The van der Waals surface area contributed by atoms with Crippen LogP contribution in [0.1, 0.15) is 11.9 Å². The molecule has 0 aliphatic carbocycles. The predicted octanol–water partition coefficient (Wildman–Crippen LogP) is 3.40. The first-order valence-electron chi connectivity index (χ1n) is 6.23. The van der Waals surface area contributed by atoms with Crippen molar-refractivity contribution >= 4 is 45.6 Å². The second-order valence-corrected chi connectivity index (χ2v) is 6.16. The van der Waals surface area contributed by atoms with Gasteiger partial charge >= 0.3 is 0 Å². The number of benzene rings is 1. The molecule has 2 rings (SSSR count). The van der Waals surface area contributed by atoms with Crippen LogP contribution >= 0.6 is 34.5 Å². The molecule has 0 aliphatic heterocycles. The topological polar surface area (TPSA) is 73.3 Å². The number of nitrogens with zero attached hydrogens (tertiary/aromatic N) is 2. The van der Waals surface area contributed by atoms with Gasteiger partial charge in [-0.1, -0.05) is 34.5 Å². The minimum absolute atomic E-state index is 0.338. The molecule has 0 radical (unpaired) electrons. The number of methoxy groups -OCH3 is 1. The van der Waals surface area contributed by atoms with E-state index in [1.807, 2.05) is 0 Å². The van der Waals surface area contributed by atoms with Crippen molar-refractivity contribution in [1.29, 1.82) is 0 Å². The Balaban J connectivity index is 1.96. The predicted molar refractivity (Wildman–Crippen MR) is 85.8 cm³/mol. The maximum atomic E-state index is 12.1. The molecule has 0 unspecified atom stereocenters. The second kappa shape index (κ2) is 7.73. The Kier molecular flexibility index (Phi) is 5.96. The Morgan fingerprint density at radius 3 is 2.86 bits per heavy atom. The van der Waals surface area contributed by atoms with Gasteiger partial charge in [-0.25, -0.2) is 0 Å². The monoisotopic (exact) mass is 361 g/mol. The number of carbonyl (C=O) groups excluding carboxylic acids is 1. The van der Waals surface area contributed by atoms with Crippen LogP contribution in [-0.4, -0.2) is 29.3 Å². The van der Waals surface area contributed by atoms with Crippen LogP contribution < -0.4 is 10.1 Å². The Labute approximate surface area is 141 Å². The summed E-state index contributed by atoms with van der Waals surface area (Å²) in [6.07, 6.45) is -0.756. The van der Waals surface area contributed by atoms with Gasteiger partial charge in [-0.3, -0.25) is 10.1 Å². The van der Waals surface area contributed by atoms with Gasteiger partial charge in [0.2, 0.25) is 5.13 Å². The molecule has 6 nitrogen and oxygen atoms in total. The quantitative estimate of drug-likeness (QED) is 0.853. The summed E-state index contributed by atoms with van der Waals surface area (Å²) in [5.74, 6) is 0.0252. The van der Waals surface area contributed by atoms with Gasteiger partial charge in [0, 0.05) is 12.1 Å². The van der Waals surface area contributed by atoms with Crippen molar-refractivity contribution in [2.45, 2.75) is 19.6 Å². The Morgan fingerprint density at radius 1 is 1.41 bits per heavy atom. The van der Waals surface area contributed by atoms with Gasteiger partial charge in [-0.2, -0.15) is 0 Å². The van der Waals surface area contributed by atoms with E-state index in [0.29, 0.717) is 32.5 Å². The van der Waals surface area contributed by atoms with E-state index >= 15 is 0 Å². The molecule has 0 bridgehead atoms. The molecular weight excluding hydrogens is 349 g/mol. The molecule has 118 valence electrons. The largest absolute Gasteiger partial charge is 0.479 e. The first-order chi connectivity index (χ1) is 10.5. The van der Waals surface area contributed by atoms with Crippen molar-refractivity contribution in [3.05, 3.63) is 33.3 Å². The van der Waals surface area contributed by atoms with Crippen LogP contribution in [0.15, 0.2) is 18.2 Å². The molecule has 22 heavy (non-hydrogen) atoms. The Hall–Kier alpha value is -1.41. The lowest BCUT2D eigenvalue weighted by molar-refractivity contribution is -0.122. The molecule has 1 N–H and O–H groups in total. The van der Waals surface area contributed by atoms with Crippen LogP contribution in [0.5, 0.6) is 5.75 Å². The zero-order valence-electron chi connectivity index (χ0n) is 11.8. The van der Waals surface area contributed by atoms with Crippen LogP contribution in [0.2, 0.25) is 10.0 Å². The molecule has 0 spiro atoms. The summed E-state index contributed by atoms with van der Waals surface area (Å²) >= 11 is 13.0. The highest BCUT2D eigenvalue weighted by molar-refractivity contribution is 7.15. The molecule has 1 amide bonds. The number of halogens is 2. The van der Waals surface area contributed by atoms with E-state index < -0.39 is 6.10 Å². The molecule has 1 atom stereocenters. The fourth-order valence-electron chi connectivity index (χ4n) is 1.51. The molecule has 9 heteroatoms. The average Bonchev–Trinajstić information content (AvgIpc) is 2.89. The minimum Gasteiger partial charge on any atom is -0.479 e. The van der Waals surface area contributed by atoms with Gasteiger partial charge in [0.1, 0.15) is 17.4 Å². The molecule has 1 aromatic carbocycles. The van der Waals surface area contributed by atoms with Crippen molar-refractivity contribution in [3.63, 3.8) is 0 Å². The van der Waals surface area contributed by atoms with E-state index in [1.165, 1.54) is 11.3 Å². The standard InChI is InChI=1S/C13H13Cl2N3O3S/c1-7(21-10-4-3-8(14)5-9(10)15)12(19)16-13-18-17-11(22-13)6-20-2/h3-5,7H,6H2,1-2H3,(H,16,18,19)/t7-/m0/s1. The van der Waals surface area contributed by atoms with Crippen LogP contribution in [0.4, 0.5) is 5.13 Å². The number of carbonyl (C=O) groups is 1. The van der Waals surface area contributed by atoms with E-state index in [-0.39, 0.29) is 5.91 Å². The zero-order chi connectivity index (χ0) is 16.1. The number of rotatable bonds is 6. The lowest BCUT2D eigenvalue weighted by atomic mass is 10.3. The zero-order valence-corrected chi connectivity index (χ0v) is 14.1. The summed E-state index contributed by atoms with van der Waals surface area (Å²) in [7, 11) is 1.56. The SMILES string of the molecule is COCc1nnc(NC(=O)[C@H](C)Oc2ccc(Cl)cc2Cl)s1. The van der Waals surface area contributed by atoms with E-state index in [0.717, 1.165) is 0 Å². The fourth-order valence-corrected chi connectivity index (χ4v) is 2.68. The number of anilines is 1. The molecule has 0 fully saturated rings. The third kappa shape index (κ3) is 4.54. The Bertz CT molecular complexity index is 666. The first kappa shape index (κ1) is 17.0. The molecule has 0 saturated carbocycles. The molecule has 0 saturated heterocycles. The van der Waals surface area contributed by atoms with Gasteiger partial charge in [0.25, 0.3) is 5.91 Å². The van der Waals surface area contributed by atoms with Crippen molar-refractivity contribution in [2.75, 3.05) is 12.4 Å². The second-order valence-electron chi connectivity index (χ2n) is 4.26. The number of hydrogen-bond donors (Lipinski definition) is 1. The van der Waals surface area contributed by atoms with Gasteiger partial charge < -0.3 is 9.47 Å².